The number of hydrogen-bond acceptors (Lipinski definition) is 3. The van der Waals surface area contributed by atoms with Gasteiger partial charge in [-0.15, -0.1) is 0 Å². The van der Waals surface area contributed by atoms with Crippen LogP contribution >= 0.6 is 0 Å². The Balaban J connectivity index is 1.97. The quantitative estimate of drug-likeness (QED) is 0.884. The SMILES string of the molecule is CCC1CCCCN1Cc1ccoc1CNC(C)(C)C. The molecule has 2 heterocycles. The number of rotatable bonds is 5. The lowest BCUT2D eigenvalue weighted by atomic mass is 9.99. The third-order valence-corrected chi connectivity index (χ3v) is 4.21. The van der Waals surface area contributed by atoms with Crippen molar-refractivity contribution < 1.29 is 4.42 Å². The molecule has 1 unspecified atom stereocenters. The van der Waals surface area contributed by atoms with Gasteiger partial charge in [0.2, 0.25) is 0 Å². The van der Waals surface area contributed by atoms with Gasteiger partial charge < -0.3 is 9.73 Å². The van der Waals surface area contributed by atoms with Gasteiger partial charge in [-0.25, -0.2) is 0 Å². The first-order chi connectivity index (χ1) is 9.49. The first-order valence-electron chi connectivity index (χ1n) is 8.04. The van der Waals surface area contributed by atoms with Crippen molar-refractivity contribution in [1.29, 1.82) is 0 Å². The zero-order valence-electron chi connectivity index (χ0n) is 13.5. The summed E-state index contributed by atoms with van der Waals surface area (Å²) in [5.41, 5.74) is 1.48. The lowest BCUT2D eigenvalue weighted by molar-refractivity contribution is 0.135. The molecular formula is C17H30N2O. The number of nitrogens with one attached hydrogen (secondary N) is 1. The molecule has 3 heteroatoms. The molecule has 114 valence electrons. The number of furan rings is 1. The van der Waals surface area contributed by atoms with Gasteiger partial charge in [-0.3, -0.25) is 4.90 Å². The first kappa shape index (κ1) is 15.6. The van der Waals surface area contributed by atoms with Crippen LogP contribution in [0.4, 0.5) is 0 Å². The van der Waals surface area contributed by atoms with Crippen molar-refractivity contribution in [1.82, 2.24) is 10.2 Å². The molecule has 1 fully saturated rings. The van der Waals surface area contributed by atoms with E-state index in [2.05, 4.69) is 44.0 Å². The highest BCUT2D eigenvalue weighted by Gasteiger charge is 2.22. The lowest BCUT2D eigenvalue weighted by Crippen LogP contribution is -2.39. The van der Waals surface area contributed by atoms with E-state index in [0.717, 1.165) is 24.9 Å². The van der Waals surface area contributed by atoms with Gasteiger partial charge in [0.1, 0.15) is 5.76 Å². The fourth-order valence-electron chi connectivity index (χ4n) is 2.96. The van der Waals surface area contributed by atoms with Gasteiger partial charge >= 0.3 is 0 Å². The number of hydrogen-bond donors (Lipinski definition) is 1. The molecule has 3 nitrogen and oxygen atoms in total. The zero-order chi connectivity index (χ0) is 14.6. The van der Waals surface area contributed by atoms with E-state index in [-0.39, 0.29) is 5.54 Å². The van der Waals surface area contributed by atoms with Crippen LogP contribution in [0.3, 0.4) is 0 Å². The van der Waals surface area contributed by atoms with E-state index in [4.69, 9.17) is 4.42 Å². The molecule has 0 spiro atoms. The normalized spacial score (nSPS) is 21.3. The predicted molar refractivity (Wildman–Crippen MR) is 83.6 cm³/mol. The third-order valence-electron chi connectivity index (χ3n) is 4.21. The molecule has 0 aromatic carbocycles. The molecule has 1 aliphatic rings. The van der Waals surface area contributed by atoms with E-state index in [1.165, 1.54) is 37.8 Å². The van der Waals surface area contributed by atoms with Gasteiger partial charge in [-0.2, -0.15) is 0 Å². The topological polar surface area (TPSA) is 28.4 Å². The van der Waals surface area contributed by atoms with Crippen LogP contribution < -0.4 is 5.32 Å². The summed E-state index contributed by atoms with van der Waals surface area (Å²) in [4.78, 5) is 2.63. The Kier molecular flexibility index (Phi) is 5.28. The lowest BCUT2D eigenvalue weighted by Gasteiger charge is -2.35. The van der Waals surface area contributed by atoms with Gasteiger partial charge in [0.05, 0.1) is 12.8 Å². The van der Waals surface area contributed by atoms with Gasteiger partial charge in [-0.05, 0) is 52.6 Å². The standard InChI is InChI=1S/C17H30N2O/c1-5-15-8-6-7-10-19(15)13-14-9-11-20-16(14)12-18-17(2,3)4/h9,11,15,18H,5-8,10,12-13H2,1-4H3. The van der Waals surface area contributed by atoms with Crippen LogP contribution in [0.1, 0.15) is 64.7 Å². The third kappa shape index (κ3) is 4.35. The molecule has 0 amide bonds. The average molecular weight is 278 g/mol. The maximum Gasteiger partial charge on any atom is 0.122 e. The van der Waals surface area contributed by atoms with Crippen molar-refractivity contribution in [3.63, 3.8) is 0 Å². The average Bonchev–Trinajstić information content (AvgIpc) is 2.83. The number of nitrogens with zero attached hydrogens (tertiary/aromatic N) is 1. The second-order valence-corrected chi connectivity index (χ2v) is 7.00. The molecule has 1 atom stereocenters. The summed E-state index contributed by atoms with van der Waals surface area (Å²) in [5.74, 6) is 1.10. The molecule has 2 rings (SSSR count). The maximum atomic E-state index is 5.68. The molecule has 1 aromatic rings. The molecule has 1 N–H and O–H groups in total. The zero-order valence-corrected chi connectivity index (χ0v) is 13.5. The minimum Gasteiger partial charge on any atom is -0.468 e. The van der Waals surface area contributed by atoms with Crippen LogP contribution in [-0.4, -0.2) is 23.0 Å². The molecule has 1 saturated heterocycles. The Labute approximate surface area is 123 Å². The summed E-state index contributed by atoms with van der Waals surface area (Å²) in [5, 5.41) is 3.51. The van der Waals surface area contributed by atoms with Crippen molar-refractivity contribution >= 4 is 0 Å². The predicted octanol–water partition coefficient (Wildman–Crippen LogP) is 3.93. The molecule has 0 aliphatic carbocycles. The van der Waals surface area contributed by atoms with Crippen molar-refractivity contribution in [3.05, 3.63) is 23.7 Å². The van der Waals surface area contributed by atoms with Crippen LogP contribution in [0, 0.1) is 0 Å². The van der Waals surface area contributed by atoms with E-state index in [0.29, 0.717) is 0 Å². The summed E-state index contributed by atoms with van der Waals surface area (Å²) in [6, 6.07) is 2.89. The second-order valence-electron chi connectivity index (χ2n) is 7.00. The fourth-order valence-corrected chi connectivity index (χ4v) is 2.96. The molecule has 0 saturated carbocycles. The monoisotopic (exact) mass is 278 g/mol. The molecule has 1 aromatic heterocycles. The van der Waals surface area contributed by atoms with Crippen LogP contribution in [0.25, 0.3) is 0 Å². The van der Waals surface area contributed by atoms with Gasteiger partial charge in [0, 0.05) is 23.7 Å². The summed E-state index contributed by atoms with van der Waals surface area (Å²) < 4.78 is 5.68. The largest absolute Gasteiger partial charge is 0.468 e. The highest BCUT2D eigenvalue weighted by molar-refractivity contribution is 5.17. The minimum absolute atomic E-state index is 0.126. The van der Waals surface area contributed by atoms with Crippen LogP contribution in [-0.2, 0) is 13.1 Å². The van der Waals surface area contributed by atoms with Gasteiger partial charge in [0.15, 0.2) is 0 Å². The highest BCUT2D eigenvalue weighted by atomic mass is 16.3. The van der Waals surface area contributed by atoms with E-state index in [9.17, 15) is 0 Å². The highest BCUT2D eigenvalue weighted by Crippen LogP contribution is 2.23. The Morgan fingerprint density at radius 3 is 2.85 bits per heavy atom. The fraction of sp³-hybridized carbons (Fsp3) is 0.765. The molecule has 20 heavy (non-hydrogen) atoms. The summed E-state index contributed by atoms with van der Waals surface area (Å²) >= 11 is 0. The molecule has 0 radical (unpaired) electrons. The van der Waals surface area contributed by atoms with Crippen molar-refractivity contribution in [3.8, 4) is 0 Å². The summed E-state index contributed by atoms with van der Waals surface area (Å²) in [6.45, 7) is 12.0. The summed E-state index contributed by atoms with van der Waals surface area (Å²) in [6.07, 6.45) is 7.17. The second kappa shape index (κ2) is 6.77. The van der Waals surface area contributed by atoms with E-state index < -0.39 is 0 Å². The Bertz CT molecular complexity index is 405. The van der Waals surface area contributed by atoms with E-state index >= 15 is 0 Å². The van der Waals surface area contributed by atoms with Crippen molar-refractivity contribution in [2.24, 2.45) is 0 Å². The van der Waals surface area contributed by atoms with E-state index in [1.807, 2.05) is 6.26 Å². The van der Waals surface area contributed by atoms with Gasteiger partial charge in [0.25, 0.3) is 0 Å². The number of piperidine rings is 1. The molecular weight excluding hydrogens is 248 g/mol. The number of likely N-dealkylation sites (tertiary alicyclic amines) is 1. The van der Waals surface area contributed by atoms with Gasteiger partial charge in [-0.1, -0.05) is 13.3 Å². The van der Waals surface area contributed by atoms with Crippen molar-refractivity contribution in [2.45, 2.75) is 78.0 Å². The van der Waals surface area contributed by atoms with Crippen LogP contribution in [0.15, 0.2) is 16.7 Å². The van der Waals surface area contributed by atoms with Crippen molar-refractivity contribution in [2.75, 3.05) is 6.54 Å². The smallest absolute Gasteiger partial charge is 0.122 e. The van der Waals surface area contributed by atoms with Crippen LogP contribution in [0.2, 0.25) is 0 Å². The Morgan fingerprint density at radius 2 is 2.15 bits per heavy atom. The maximum absolute atomic E-state index is 5.68. The first-order valence-corrected chi connectivity index (χ1v) is 8.04. The van der Waals surface area contributed by atoms with Crippen LogP contribution in [0.5, 0.6) is 0 Å². The molecule has 1 aliphatic heterocycles. The summed E-state index contributed by atoms with van der Waals surface area (Å²) in [7, 11) is 0. The minimum atomic E-state index is 0.126. The van der Waals surface area contributed by atoms with E-state index in [1.54, 1.807) is 0 Å². The Morgan fingerprint density at radius 1 is 1.35 bits per heavy atom. The Hall–Kier alpha value is -0.800. The molecule has 0 bridgehead atoms.